The average molecular weight is 249 g/mol. The van der Waals surface area contributed by atoms with Crippen LogP contribution in [-0.2, 0) is 0 Å². The smallest absolute Gasteiger partial charge is 0.128 e. The third kappa shape index (κ3) is 5.21. The first-order valence-electron chi connectivity index (χ1n) is 6.69. The van der Waals surface area contributed by atoms with E-state index in [1.165, 1.54) is 31.7 Å². The van der Waals surface area contributed by atoms with Gasteiger partial charge < -0.3 is 14.6 Å². The highest BCUT2D eigenvalue weighted by Crippen LogP contribution is 2.17. The first kappa shape index (κ1) is 14.6. The van der Waals surface area contributed by atoms with Gasteiger partial charge >= 0.3 is 0 Å². The Morgan fingerprint density at radius 1 is 1.11 bits per heavy atom. The van der Waals surface area contributed by atoms with E-state index in [1.807, 2.05) is 0 Å². The maximum atomic E-state index is 10.8. The van der Waals surface area contributed by atoms with Crippen molar-refractivity contribution >= 4 is 5.97 Å². The first-order valence-corrected chi connectivity index (χ1v) is 6.69. The molecule has 3 nitrogen and oxygen atoms in total. The number of unbranched alkanes of at least 4 members (excludes halogenated alkanes) is 5. The maximum absolute atomic E-state index is 10.8. The molecule has 0 saturated carbocycles. The molecule has 18 heavy (non-hydrogen) atoms. The van der Waals surface area contributed by atoms with Gasteiger partial charge in [0.25, 0.3) is 0 Å². The van der Waals surface area contributed by atoms with Crippen LogP contribution in [0.3, 0.4) is 0 Å². The lowest BCUT2D eigenvalue weighted by atomic mass is 10.1. The number of hydrogen-bond donors (Lipinski definition) is 0. The van der Waals surface area contributed by atoms with E-state index < -0.39 is 5.97 Å². The van der Waals surface area contributed by atoms with Crippen molar-refractivity contribution in [2.24, 2.45) is 0 Å². The number of carbonyl (C=O) groups is 1. The van der Waals surface area contributed by atoms with Gasteiger partial charge in [-0.2, -0.15) is 0 Å². The summed E-state index contributed by atoms with van der Waals surface area (Å²) in [7, 11) is 0. The van der Waals surface area contributed by atoms with Crippen molar-refractivity contribution in [1.29, 1.82) is 0 Å². The summed E-state index contributed by atoms with van der Waals surface area (Å²) in [4.78, 5) is 10.8. The summed E-state index contributed by atoms with van der Waals surface area (Å²) in [5, 5.41) is 10.8. The van der Waals surface area contributed by atoms with Gasteiger partial charge in [-0.1, -0.05) is 51.2 Å². The second kappa shape index (κ2) is 8.56. The minimum Gasteiger partial charge on any atom is -0.545 e. The molecule has 1 aromatic carbocycles. The molecule has 0 bridgehead atoms. The molecule has 0 atom stereocenters. The SMILES string of the molecule is CCCCCCCCOc1ccccc1C(=O)[O-]. The van der Waals surface area contributed by atoms with Gasteiger partial charge in [0.2, 0.25) is 0 Å². The number of para-hydroxylation sites is 1. The molecule has 0 aliphatic heterocycles. The molecule has 0 aromatic heterocycles. The lowest BCUT2D eigenvalue weighted by Crippen LogP contribution is -2.23. The molecule has 0 heterocycles. The van der Waals surface area contributed by atoms with Gasteiger partial charge in [0.05, 0.1) is 12.6 Å². The van der Waals surface area contributed by atoms with E-state index in [9.17, 15) is 9.90 Å². The summed E-state index contributed by atoms with van der Waals surface area (Å²) in [6.45, 7) is 2.76. The summed E-state index contributed by atoms with van der Waals surface area (Å²) in [6.07, 6.45) is 7.12. The highest BCUT2D eigenvalue weighted by Gasteiger charge is 2.02. The second-order valence-electron chi connectivity index (χ2n) is 4.40. The van der Waals surface area contributed by atoms with Gasteiger partial charge in [-0.15, -0.1) is 0 Å². The predicted octanol–water partition coefficient (Wildman–Crippen LogP) is 2.79. The third-order valence-electron chi connectivity index (χ3n) is 2.86. The number of carbonyl (C=O) groups excluding carboxylic acids is 1. The van der Waals surface area contributed by atoms with E-state index in [1.54, 1.807) is 18.2 Å². The minimum atomic E-state index is -1.19. The van der Waals surface area contributed by atoms with Crippen molar-refractivity contribution < 1.29 is 14.6 Å². The maximum Gasteiger partial charge on any atom is 0.128 e. The van der Waals surface area contributed by atoms with Crippen LogP contribution in [0, 0.1) is 0 Å². The van der Waals surface area contributed by atoms with Crippen molar-refractivity contribution in [3.63, 3.8) is 0 Å². The third-order valence-corrected chi connectivity index (χ3v) is 2.86. The molecule has 3 heteroatoms. The van der Waals surface area contributed by atoms with Crippen molar-refractivity contribution in [2.75, 3.05) is 6.61 Å². The fourth-order valence-electron chi connectivity index (χ4n) is 1.83. The highest BCUT2D eigenvalue weighted by atomic mass is 16.5. The Hall–Kier alpha value is -1.51. The molecular formula is C15H21O3-. The van der Waals surface area contributed by atoms with E-state index in [-0.39, 0.29) is 5.56 Å². The molecule has 0 fully saturated rings. The molecule has 1 aromatic rings. The number of carboxylic acid groups (broad SMARTS) is 1. The molecule has 1 rings (SSSR count). The van der Waals surface area contributed by atoms with Crippen LogP contribution in [0.15, 0.2) is 24.3 Å². The van der Waals surface area contributed by atoms with E-state index in [0.29, 0.717) is 12.4 Å². The fourth-order valence-corrected chi connectivity index (χ4v) is 1.83. The quantitative estimate of drug-likeness (QED) is 0.632. The summed E-state index contributed by atoms with van der Waals surface area (Å²) < 4.78 is 5.48. The normalized spacial score (nSPS) is 10.3. The topological polar surface area (TPSA) is 49.4 Å². The van der Waals surface area contributed by atoms with Crippen LogP contribution < -0.4 is 9.84 Å². The zero-order chi connectivity index (χ0) is 13.2. The van der Waals surface area contributed by atoms with E-state index in [4.69, 9.17) is 4.74 Å². The van der Waals surface area contributed by atoms with Gasteiger partial charge in [0, 0.05) is 5.56 Å². The number of ether oxygens (including phenoxy) is 1. The Kier molecular flexibility index (Phi) is 6.92. The lowest BCUT2D eigenvalue weighted by molar-refractivity contribution is -0.255. The van der Waals surface area contributed by atoms with E-state index in [0.717, 1.165) is 12.8 Å². The van der Waals surface area contributed by atoms with Gasteiger partial charge in [-0.05, 0) is 18.6 Å². The highest BCUT2D eigenvalue weighted by molar-refractivity contribution is 5.89. The number of rotatable bonds is 9. The molecule has 0 aliphatic rings. The van der Waals surface area contributed by atoms with Crippen molar-refractivity contribution in [3.8, 4) is 5.75 Å². The van der Waals surface area contributed by atoms with Crippen LogP contribution in [-0.4, -0.2) is 12.6 Å². The molecule has 0 amide bonds. The Morgan fingerprint density at radius 2 is 1.78 bits per heavy atom. The molecular weight excluding hydrogens is 228 g/mol. The molecule has 0 spiro atoms. The zero-order valence-electron chi connectivity index (χ0n) is 11.0. The van der Waals surface area contributed by atoms with Gasteiger partial charge in [0.1, 0.15) is 5.75 Å². The summed E-state index contributed by atoms with van der Waals surface area (Å²) >= 11 is 0. The Bertz CT molecular complexity index is 361. The van der Waals surface area contributed by atoms with Crippen LogP contribution in [0.4, 0.5) is 0 Å². The molecule has 100 valence electrons. The van der Waals surface area contributed by atoms with Crippen molar-refractivity contribution in [2.45, 2.75) is 45.4 Å². The second-order valence-corrected chi connectivity index (χ2v) is 4.40. The largest absolute Gasteiger partial charge is 0.545 e. The van der Waals surface area contributed by atoms with Crippen molar-refractivity contribution in [3.05, 3.63) is 29.8 Å². The van der Waals surface area contributed by atoms with Crippen LogP contribution in [0.5, 0.6) is 5.75 Å². The Morgan fingerprint density at radius 3 is 2.50 bits per heavy atom. The standard InChI is InChI=1S/C15H22O3/c1-2-3-4-5-6-9-12-18-14-11-8-7-10-13(14)15(16)17/h7-8,10-11H,2-6,9,12H2,1H3,(H,16,17)/p-1. The van der Waals surface area contributed by atoms with Crippen LogP contribution in [0.25, 0.3) is 0 Å². The summed E-state index contributed by atoms with van der Waals surface area (Å²) in [5.74, 6) is -0.778. The number of benzene rings is 1. The molecule has 0 aliphatic carbocycles. The van der Waals surface area contributed by atoms with Gasteiger partial charge in [0.15, 0.2) is 0 Å². The van der Waals surface area contributed by atoms with Gasteiger partial charge in [-0.3, -0.25) is 0 Å². The summed E-state index contributed by atoms with van der Waals surface area (Å²) in [6, 6.07) is 6.61. The van der Waals surface area contributed by atoms with Crippen LogP contribution >= 0.6 is 0 Å². The molecule has 0 unspecified atom stereocenters. The predicted molar refractivity (Wildman–Crippen MR) is 69.6 cm³/mol. The van der Waals surface area contributed by atoms with Crippen LogP contribution in [0.2, 0.25) is 0 Å². The Balaban J connectivity index is 2.25. The minimum absolute atomic E-state index is 0.128. The monoisotopic (exact) mass is 249 g/mol. The number of aromatic carboxylic acids is 1. The number of carboxylic acids is 1. The van der Waals surface area contributed by atoms with Gasteiger partial charge in [-0.25, -0.2) is 0 Å². The number of hydrogen-bond acceptors (Lipinski definition) is 3. The van der Waals surface area contributed by atoms with E-state index >= 15 is 0 Å². The molecule has 0 N–H and O–H groups in total. The first-order chi connectivity index (χ1) is 8.75. The fraction of sp³-hybridized carbons (Fsp3) is 0.533. The van der Waals surface area contributed by atoms with Crippen molar-refractivity contribution in [1.82, 2.24) is 0 Å². The Labute approximate surface area is 109 Å². The lowest BCUT2D eigenvalue weighted by Gasteiger charge is -2.11. The summed E-state index contributed by atoms with van der Waals surface area (Å²) in [5.41, 5.74) is 0.128. The molecule has 0 radical (unpaired) electrons. The molecule has 0 saturated heterocycles. The zero-order valence-corrected chi connectivity index (χ0v) is 11.0. The average Bonchev–Trinajstić information content (AvgIpc) is 2.38. The van der Waals surface area contributed by atoms with Crippen LogP contribution in [0.1, 0.15) is 55.8 Å². The van der Waals surface area contributed by atoms with E-state index in [2.05, 4.69) is 6.92 Å².